The molecule has 0 bridgehead atoms. The molecular formula is C18H27ClN4O2. The van der Waals surface area contributed by atoms with Gasteiger partial charge in [0.05, 0.1) is 17.7 Å². The Kier molecular flexibility index (Phi) is 10.6. The number of halogens is 1. The van der Waals surface area contributed by atoms with Gasteiger partial charge in [0.1, 0.15) is 6.61 Å². The number of rotatable bonds is 6. The summed E-state index contributed by atoms with van der Waals surface area (Å²) in [6.07, 6.45) is 5.90. The average Bonchev–Trinajstić information content (AvgIpc) is 2.64. The predicted molar refractivity (Wildman–Crippen MR) is 97.0 cm³/mol. The van der Waals surface area contributed by atoms with Crippen LogP contribution in [0.1, 0.15) is 51.5 Å². The predicted octanol–water partition coefficient (Wildman–Crippen LogP) is 6.12. The number of carbonyl (C=O) groups is 1. The summed E-state index contributed by atoms with van der Waals surface area (Å²) in [5, 5.41) is 5.08. The molecule has 1 aromatic rings. The number of hydrogen-bond donors (Lipinski definition) is 1. The highest BCUT2D eigenvalue weighted by Crippen LogP contribution is 2.37. The number of nitrogens with zero attached hydrogens (tertiary/aromatic N) is 3. The van der Waals surface area contributed by atoms with Gasteiger partial charge < -0.3 is 4.74 Å². The van der Waals surface area contributed by atoms with Crippen molar-refractivity contribution in [2.24, 2.45) is 32.8 Å². The molecule has 3 atom stereocenters. The van der Waals surface area contributed by atoms with E-state index in [1.165, 1.54) is 25.7 Å². The number of hydrogen-bond acceptors (Lipinski definition) is 4. The minimum absolute atomic E-state index is 0.00453. The molecule has 2 rings (SSSR count). The lowest BCUT2D eigenvalue weighted by molar-refractivity contribution is -0.153. The molecule has 0 aliphatic heterocycles. The van der Waals surface area contributed by atoms with E-state index in [0.29, 0.717) is 18.4 Å². The highest BCUT2D eigenvalue weighted by Gasteiger charge is 2.33. The number of carbonyl (C=O) groups excluding carboxylic acids is 1. The molecule has 7 heteroatoms. The van der Waals surface area contributed by atoms with Crippen molar-refractivity contribution in [2.75, 3.05) is 0 Å². The Morgan fingerprint density at radius 3 is 2.52 bits per heavy atom. The van der Waals surface area contributed by atoms with Crippen molar-refractivity contribution in [2.45, 2.75) is 52.6 Å². The summed E-state index contributed by atoms with van der Waals surface area (Å²) >= 11 is 4.55. The maximum atomic E-state index is 12.4. The minimum Gasteiger partial charge on any atom is -0.461 e. The van der Waals surface area contributed by atoms with Gasteiger partial charge in [0, 0.05) is 0 Å². The monoisotopic (exact) mass is 366 g/mol. The van der Waals surface area contributed by atoms with E-state index in [4.69, 9.17) is 10.3 Å². The molecule has 0 spiro atoms. The van der Waals surface area contributed by atoms with Crippen LogP contribution in [0.4, 0.5) is 0 Å². The molecule has 6 nitrogen and oxygen atoms in total. The molecule has 0 heterocycles. The summed E-state index contributed by atoms with van der Waals surface area (Å²) in [6.45, 7) is 4.80. The molecule has 0 unspecified atom stereocenters. The van der Waals surface area contributed by atoms with E-state index < -0.39 is 0 Å². The highest BCUT2D eigenvalue weighted by molar-refractivity contribution is 6.13. The van der Waals surface area contributed by atoms with Crippen LogP contribution >= 0.6 is 11.8 Å². The average molecular weight is 367 g/mol. The van der Waals surface area contributed by atoms with Gasteiger partial charge in [-0.3, -0.25) is 4.79 Å². The molecule has 0 aromatic heterocycles. The summed E-state index contributed by atoms with van der Waals surface area (Å²) in [7, 11) is 0. The third-order valence-electron chi connectivity index (χ3n) is 4.74. The first-order valence-corrected chi connectivity index (χ1v) is 9.06. The van der Waals surface area contributed by atoms with E-state index in [2.05, 4.69) is 40.7 Å². The van der Waals surface area contributed by atoms with Crippen LogP contribution in [-0.2, 0) is 16.1 Å². The van der Waals surface area contributed by atoms with E-state index in [0.717, 1.165) is 12.0 Å². The van der Waals surface area contributed by atoms with E-state index in [1.807, 2.05) is 30.3 Å². The maximum absolute atomic E-state index is 12.4. The molecule has 1 saturated carbocycles. The molecule has 1 aliphatic carbocycles. The smallest absolute Gasteiger partial charge is 0.309 e. The molecule has 138 valence electrons. The Morgan fingerprint density at radius 1 is 1.32 bits per heavy atom. The Hall–Kier alpha value is -1.82. The minimum atomic E-state index is -0.00453. The maximum Gasteiger partial charge on any atom is 0.309 e. The van der Waals surface area contributed by atoms with E-state index >= 15 is 0 Å². The summed E-state index contributed by atoms with van der Waals surface area (Å²) in [5.74, 6) is 1.24. The van der Waals surface area contributed by atoms with Gasteiger partial charge in [-0.1, -0.05) is 68.1 Å². The number of ether oxygens (including phenoxy) is 1. The van der Waals surface area contributed by atoms with Gasteiger partial charge in [0.25, 0.3) is 0 Å². The first-order valence-electron chi connectivity index (χ1n) is 8.72. The van der Waals surface area contributed by atoms with Crippen LogP contribution in [0.5, 0.6) is 0 Å². The second-order valence-electron chi connectivity index (χ2n) is 6.30. The van der Waals surface area contributed by atoms with Crippen LogP contribution in [0.2, 0.25) is 0 Å². The number of nitrogens with one attached hydrogen (secondary N) is 1. The zero-order chi connectivity index (χ0) is 18.5. The van der Waals surface area contributed by atoms with Crippen molar-refractivity contribution in [3.63, 3.8) is 0 Å². The normalized spacial score (nSPS) is 21.1. The zero-order valence-corrected chi connectivity index (χ0v) is 15.7. The topological polar surface area (TPSA) is 87.2 Å². The summed E-state index contributed by atoms with van der Waals surface area (Å²) < 4.78 is 8.14. The van der Waals surface area contributed by atoms with Crippen molar-refractivity contribution in [3.8, 4) is 0 Å². The first kappa shape index (κ1) is 21.2. The van der Waals surface area contributed by atoms with Crippen molar-refractivity contribution < 1.29 is 9.53 Å². The Bertz CT molecular complexity index is 539. The van der Waals surface area contributed by atoms with Crippen molar-refractivity contribution >= 4 is 17.7 Å². The van der Waals surface area contributed by atoms with Gasteiger partial charge >= 0.3 is 5.97 Å². The third-order valence-corrected chi connectivity index (χ3v) is 4.81. The standard InChI is InChI=1S/C18H26O2.ClHN4/c1-3-16(17-12-8-7-9-14(17)2)18(19)20-13-15-10-5-4-6-11-15;1-3-5-4-2/h4-6,10-11,14,16-17H,3,7-9,12-13H2,1-2H3;2H/t14-,16-,17+;/m0./s1. The van der Waals surface area contributed by atoms with Crippen LogP contribution in [0.15, 0.2) is 45.4 Å². The molecule has 25 heavy (non-hydrogen) atoms. The van der Waals surface area contributed by atoms with Crippen molar-refractivity contribution in [1.82, 2.24) is 0 Å². The highest BCUT2D eigenvalue weighted by atomic mass is 35.5. The van der Waals surface area contributed by atoms with Gasteiger partial charge in [0.15, 0.2) is 0 Å². The zero-order valence-electron chi connectivity index (χ0n) is 14.9. The second kappa shape index (κ2) is 12.5. The van der Waals surface area contributed by atoms with E-state index in [-0.39, 0.29) is 11.9 Å². The third kappa shape index (κ3) is 7.73. The fraction of sp³-hybridized carbons (Fsp3) is 0.611. The fourth-order valence-corrected chi connectivity index (χ4v) is 3.47. The molecule has 0 radical (unpaired) electrons. The number of benzene rings is 1. The van der Waals surface area contributed by atoms with Crippen LogP contribution in [0.3, 0.4) is 0 Å². The van der Waals surface area contributed by atoms with Gasteiger partial charge in [-0.05, 0) is 40.7 Å². The van der Waals surface area contributed by atoms with Crippen LogP contribution in [0, 0.1) is 23.3 Å². The lowest BCUT2D eigenvalue weighted by Crippen LogP contribution is -2.31. The van der Waals surface area contributed by atoms with E-state index in [9.17, 15) is 4.79 Å². The summed E-state index contributed by atoms with van der Waals surface area (Å²) in [6, 6.07) is 9.92. The van der Waals surface area contributed by atoms with Crippen LogP contribution in [0.25, 0.3) is 0 Å². The Morgan fingerprint density at radius 2 is 2.00 bits per heavy atom. The fourth-order valence-electron chi connectivity index (χ4n) is 3.44. The quantitative estimate of drug-likeness (QED) is 0.373. The van der Waals surface area contributed by atoms with E-state index in [1.54, 1.807) is 0 Å². The van der Waals surface area contributed by atoms with Gasteiger partial charge in [-0.15, -0.1) is 0 Å². The Balaban J connectivity index is 0.000000550. The molecule has 1 aromatic carbocycles. The Labute approximate surface area is 154 Å². The lowest BCUT2D eigenvalue weighted by Gasteiger charge is -2.33. The largest absolute Gasteiger partial charge is 0.461 e. The molecule has 1 N–H and O–H groups in total. The van der Waals surface area contributed by atoms with Crippen LogP contribution in [-0.4, -0.2) is 5.97 Å². The second-order valence-corrected chi connectivity index (χ2v) is 6.45. The summed E-state index contributed by atoms with van der Waals surface area (Å²) in [4.78, 5) is 12.4. The molecular weight excluding hydrogens is 340 g/mol. The van der Waals surface area contributed by atoms with Crippen molar-refractivity contribution in [1.29, 1.82) is 5.53 Å². The molecule has 0 amide bonds. The summed E-state index contributed by atoms with van der Waals surface area (Å²) in [5.41, 5.74) is 6.95. The number of esters is 1. The molecule has 1 aliphatic rings. The first-order chi connectivity index (χ1) is 12.1. The molecule has 1 fully saturated rings. The van der Waals surface area contributed by atoms with Crippen LogP contribution < -0.4 is 0 Å². The lowest BCUT2D eigenvalue weighted by atomic mass is 9.72. The van der Waals surface area contributed by atoms with Gasteiger partial charge in [-0.25, -0.2) is 0 Å². The molecule has 0 saturated heterocycles. The van der Waals surface area contributed by atoms with Gasteiger partial charge in [0.2, 0.25) is 0 Å². The van der Waals surface area contributed by atoms with Gasteiger partial charge in [-0.2, -0.15) is 5.53 Å². The van der Waals surface area contributed by atoms with Crippen molar-refractivity contribution in [3.05, 3.63) is 35.9 Å². The SMILES string of the molecule is CC[C@H](C(=O)OCc1ccccc1)[C@@H]1CCCC[C@@H]1C.N=NN=NCl.